The molecule has 0 bridgehead atoms. The smallest absolute Gasteiger partial charge is 0.163 e. The molecular weight excluding hydrogens is 475 g/mol. The Kier molecular flexibility index (Phi) is 6.00. The normalized spacial score (nSPS) is 16.1. The van der Waals surface area contributed by atoms with Gasteiger partial charge in [0, 0.05) is 22.9 Å². The summed E-state index contributed by atoms with van der Waals surface area (Å²) < 4.78 is 38.7. The minimum Gasteiger partial charge on any atom is -0.294 e. The Morgan fingerprint density at radius 2 is 1.74 bits per heavy atom. The number of ketones is 1. The summed E-state index contributed by atoms with van der Waals surface area (Å²) in [7, 11) is -2.97. The van der Waals surface area contributed by atoms with E-state index < -0.39 is 9.84 Å². The van der Waals surface area contributed by atoms with E-state index in [9.17, 15) is 17.6 Å². The van der Waals surface area contributed by atoms with Crippen molar-refractivity contribution in [2.24, 2.45) is 5.92 Å². The summed E-state index contributed by atoms with van der Waals surface area (Å²) in [6.45, 7) is 0. The number of hydrogen-bond acceptors (Lipinski definition) is 4. The summed E-state index contributed by atoms with van der Waals surface area (Å²) >= 11 is 6.45. The average Bonchev–Trinajstić information content (AvgIpc) is 3.20. The predicted octanol–water partition coefficient (Wildman–Crippen LogP) is 5.88. The molecule has 1 aliphatic heterocycles. The standard InChI is InChI=1S/C26H22ClFN2O3S/c27-23-4-2-1-3-21(23)26-22-10-5-18(25(31)15-17-11-13-34(32,33)14-12-17)16-24(22)30(29-26)20-8-6-19(28)7-9-20/h1-10,16-17H,11-15H2. The number of halogens is 2. The Balaban J connectivity index is 1.56. The van der Waals surface area contributed by atoms with Crippen molar-refractivity contribution >= 4 is 38.1 Å². The zero-order chi connectivity index (χ0) is 23.9. The van der Waals surface area contributed by atoms with E-state index in [1.165, 1.54) is 12.1 Å². The molecule has 0 aliphatic carbocycles. The monoisotopic (exact) mass is 496 g/mol. The van der Waals surface area contributed by atoms with Gasteiger partial charge < -0.3 is 0 Å². The van der Waals surface area contributed by atoms with Crippen LogP contribution in [-0.2, 0) is 9.84 Å². The van der Waals surface area contributed by atoms with Crippen LogP contribution in [0.3, 0.4) is 0 Å². The van der Waals surface area contributed by atoms with Crippen LogP contribution in [0.25, 0.3) is 27.8 Å². The lowest BCUT2D eigenvalue weighted by Crippen LogP contribution is -2.24. The Morgan fingerprint density at radius 3 is 2.44 bits per heavy atom. The maximum Gasteiger partial charge on any atom is 0.163 e. The summed E-state index contributed by atoms with van der Waals surface area (Å²) in [5, 5.41) is 6.16. The van der Waals surface area contributed by atoms with Crippen molar-refractivity contribution in [1.29, 1.82) is 0 Å². The molecule has 4 aromatic rings. The highest BCUT2D eigenvalue weighted by atomic mass is 35.5. The van der Waals surface area contributed by atoms with Crippen LogP contribution in [0, 0.1) is 11.7 Å². The third-order valence-electron chi connectivity index (χ3n) is 6.35. The lowest BCUT2D eigenvalue weighted by molar-refractivity contribution is 0.0958. The first-order chi connectivity index (χ1) is 16.3. The number of benzene rings is 3. The second-order valence-corrected chi connectivity index (χ2v) is 11.4. The number of Topliss-reactive ketones (excluding diaryl/α,β-unsaturated/α-hetero) is 1. The summed E-state index contributed by atoms with van der Waals surface area (Å²) in [6.07, 6.45) is 1.34. The van der Waals surface area contributed by atoms with E-state index in [2.05, 4.69) is 0 Å². The number of carbonyl (C=O) groups excluding carboxylic acids is 1. The SMILES string of the molecule is O=C(CC1CCS(=O)(=O)CC1)c1ccc2c(-c3ccccc3Cl)nn(-c3ccc(F)cc3)c2c1. The van der Waals surface area contributed by atoms with Crippen LogP contribution < -0.4 is 0 Å². The van der Waals surface area contributed by atoms with E-state index in [-0.39, 0.29) is 29.0 Å². The minimum absolute atomic E-state index is 0.0302. The Morgan fingerprint density at radius 1 is 1.03 bits per heavy atom. The van der Waals surface area contributed by atoms with Gasteiger partial charge in [-0.2, -0.15) is 5.10 Å². The molecule has 1 fully saturated rings. The van der Waals surface area contributed by atoms with E-state index in [0.29, 0.717) is 46.7 Å². The van der Waals surface area contributed by atoms with Gasteiger partial charge in [-0.1, -0.05) is 35.9 Å². The molecule has 0 amide bonds. The number of aromatic nitrogens is 2. The number of nitrogens with zero attached hydrogens (tertiary/aromatic N) is 2. The molecule has 0 radical (unpaired) electrons. The van der Waals surface area contributed by atoms with Crippen molar-refractivity contribution < 1.29 is 17.6 Å². The van der Waals surface area contributed by atoms with Crippen molar-refractivity contribution in [3.05, 3.63) is 83.1 Å². The van der Waals surface area contributed by atoms with Crippen LogP contribution >= 0.6 is 11.6 Å². The summed E-state index contributed by atoms with van der Waals surface area (Å²) in [5.74, 6) is -0.0351. The van der Waals surface area contributed by atoms with Crippen molar-refractivity contribution in [1.82, 2.24) is 9.78 Å². The fourth-order valence-electron chi connectivity index (χ4n) is 4.44. The van der Waals surface area contributed by atoms with Crippen molar-refractivity contribution in [3.63, 3.8) is 0 Å². The second-order valence-electron chi connectivity index (χ2n) is 8.67. The predicted molar refractivity (Wildman–Crippen MR) is 132 cm³/mol. The van der Waals surface area contributed by atoms with Crippen LogP contribution in [0.1, 0.15) is 29.6 Å². The Labute approximate surface area is 202 Å². The van der Waals surface area contributed by atoms with Gasteiger partial charge in [0.25, 0.3) is 0 Å². The molecule has 0 spiro atoms. The number of sulfone groups is 1. The molecule has 2 heterocycles. The second kappa shape index (κ2) is 8.96. The molecule has 3 aromatic carbocycles. The Hall–Kier alpha value is -3.03. The highest BCUT2D eigenvalue weighted by molar-refractivity contribution is 7.91. The molecule has 1 aromatic heterocycles. The van der Waals surface area contributed by atoms with Crippen LogP contribution in [-0.4, -0.2) is 35.5 Å². The summed E-state index contributed by atoms with van der Waals surface area (Å²) in [5.41, 5.74) is 3.33. The van der Waals surface area contributed by atoms with Crippen molar-refractivity contribution in [2.75, 3.05) is 11.5 Å². The quantitative estimate of drug-likeness (QED) is 0.323. The first kappa shape index (κ1) is 22.7. The molecule has 5 rings (SSSR count). The average molecular weight is 497 g/mol. The molecule has 34 heavy (non-hydrogen) atoms. The molecule has 0 saturated carbocycles. The summed E-state index contributed by atoms with van der Waals surface area (Å²) in [4.78, 5) is 13.1. The first-order valence-electron chi connectivity index (χ1n) is 11.1. The zero-order valence-corrected chi connectivity index (χ0v) is 19.8. The third-order valence-corrected chi connectivity index (χ3v) is 8.40. The number of hydrogen-bond donors (Lipinski definition) is 0. The molecule has 0 atom stereocenters. The van der Waals surface area contributed by atoms with E-state index in [1.807, 2.05) is 24.3 Å². The van der Waals surface area contributed by atoms with E-state index in [1.54, 1.807) is 35.0 Å². The fraction of sp³-hybridized carbons (Fsp3) is 0.231. The summed E-state index contributed by atoms with van der Waals surface area (Å²) in [6, 6.07) is 18.8. The highest BCUT2D eigenvalue weighted by Gasteiger charge is 2.26. The van der Waals surface area contributed by atoms with Gasteiger partial charge in [-0.3, -0.25) is 4.79 Å². The van der Waals surface area contributed by atoms with E-state index >= 15 is 0 Å². The first-order valence-corrected chi connectivity index (χ1v) is 13.3. The number of fused-ring (bicyclic) bond motifs is 1. The van der Waals surface area contributed by atoms with Gasteiger partial charge in [-0.15, -0.1) is 0 Å². The van der Waals surface area contributed by atoms with Gasteiger partial charge in [0.15, 0.2) is 5.78 Å². The van der Waals surface area contributed by atoms with Crippen molar-refractivity contribution in [2.45, 2.75) is 19.3 Å². The van der Waals surface area contributed by atoms with E-state index in [0.717, 1.165) is 10.9 Å². The largest absolute Gasteiger partial charge is 0.294 e. The Bertz CT molecular complexity index is 1480. The molecule has 5 nitrogen and oxygen atoms in total. The van der Waals surface area contributed by atoms with Gasteiger partial charge in [0.05, 0.1) is 27.7 Å². The topological polar surface area (TPSA) is 69.0 Å². The zero-order valence-electron chi connectivity index (χ0n) is 18.2. The molecule has 0 unspecified atom stereocenters. The highest BCUT2D eigenvalue weighted by Crippen LogP contribution is 2.35. The molecular formula is C26H22ClFN2O3S. The maximum atomic E-state index is 13.6. The van der Waals surface area contributed by atoms with E-state index in [4.69, 9.17) is 16.7 Å². The van der Waals surface area contributed by atoms with Crippen molar-refractivity contribution in [3.8, 4) is 16.9 Å². The lowest BCUT2D eigenvalue weighted by Gasteiger charge is -2.21. The molecule has 1 aliphatic rings. The molecule has 174 valence electrons. The molecule has 1 saturated heterocycles. The van der Waals surface area contributed by atoms with Gasteiger partial charge in [-0.25, -0.2) is 17.5 Å². The van der Waals surface area contributed by atoms with Crippen LogP contribution in [0.4, 0.5) is 4.39 Å². The van der Waals surface area contributed by atoms with Gasteiger partial charge in [0.1, 0.15) is 21.3 Å². The maximum absolute atomic E-state index is 13.6. The lowest BCUT2D eigenvalue weighted by atomic mass is 9.93. The number of carbonyl (C=O) groups is 1. The third kappa shape index (κ3) is 4.50. The van der Waals surface area contributed by atoms with Gasteiger partial charge >= 0.3 is 0 Å². The van der Waals surface area contributed by atoms with Crippen LogP contribution in [0.5, 0.6) is 0 Å². The molecule has 0 N–H and O–H groups in total. The number of rotatable bonds is 5. The van der Waals surface area contributed by atoms with Gasteiger partial charge in [0.2, 0.25) is 0 Å². The fourth-order valence-corrected chi connectivity index (χ4v) is 6.26. The van der Waals surface area contributed by atoms with Gasteiger partial charge in [-0.05, 0) is 61.2 Å². The van der Waals surface area contributed by atoms with Crippen LogP contribution in [0.2, 0.25) is 5.02 Å². The van der Waals surface area contributed by atoms with Crippen LogP contribution in [0.15, 0.2) is 66.7 Å². The minimum atomic E-state index is -2.97. The molecule has 8 heteroatoms.